The molecule has 0 aliphatic carbocycles. The second kappa shape index (κ2) is 83200. The van der Waals surface area contributed by atoms with Crippen molar-refractivity contribution in [3.05, 3.63) is 0 Å². The second-order valence-corrected chi connectivity index (χ2v) is 0. The van der Waals surface area contributed by atoms with Crippen LogP contribution in [-0.4, -0.2) is 0 Å². The zero-order valence-electron chi connectivity index (χ0n) is 1.41. The second-order valence-electron chi connectivity index (χ2n) is 0. The predicted molar refractivity (Wildman–Crippen MR) is 332 cm³/mol. The van der Waals surface area contributed by atoms with E-state index in [1.807, 2.05) is 0 Å². The minimum absolute atomic E-state index is 0. The molecule has 0 aromatic heterocycles. The molecule has 0 atom stereocenters. The van der Waals surface area contributed by atoms with Gasteiger partial charge in [0.05, 0.1) is 0 Å². The largest absolute Gasteiger partial charge is 0.0776 e. The minimum atomic E-state index is 0. The van der Waals surface area contributed by atoms with Crippen molar-refractivity contribution in [3.8, 4) is 0 Å². The van der Waals surface area contributed by atoms with Gasteiger partial charge >= 0.3 is 0 Å². The van der Waals surface area contributed by atoms with Crippen molar-refractivity contribution in [2.45, 2.75) is 364 Å². The van der Waals surface area contributed by atoms with Gasteiger partial charge in [-0.2, -0.15) is 0 Å². The predicted octanol–water partition coefficient (Wildman–Crippen LogP) is 31.4. The average Bonchev–Trinajstić information content (AvgIpc) is 0. The van der Waals surface area contributed by atoms with Crippen LogP contribution in [0.15, 0.2) is 0 Å². The number of rotatable bonds is 0. The van der Waals surface area contributed by atoms with Gasteiger partial charge in [0.15, 0.2) is 0 Å². The molecule has 0 saturated carbocycles. The zero-order chi connectivity index (χ0) is 0. The Kier molecular flexibility index (Phi) is 144000000. The van der Waals surface area contributed by atoms with E-state index in [4.69, 9.17) is 0 Å². The Labute approximate surface area is 402 Å². The summed E-state index contributed by atoms with van der Waals surface area (Å²) >= 11 is 0. The van der Waals surface area contributed by atoms with Crippen LogP contribution in [0, 0.1) is 0 Å². The summed E-state index contributed by atoms with van der Waals surface area (Å²) in [5.41, 5.74) is 0. The Morgan fingerprint density at radius 3 is 0.0588 bits per heavy atom. The molecule has 0 nitrogen and oxygen atoms in total. The van der Waals surface area contributed by atoms with Gasteiger partial charge in [-0.15, -0.1) is 0 Å². The maximum atomic E-state index is 0. The summed E-state index contributed by atoms with van der Waals surface area (Å²) in [5.74, 6) is 0. The summed E-state index contributed by atoms with van der Waals surface area (Å²) in [6, 6.07) is 0. The summed E-state index contributed by atoms with van der Waals surface area (Å²) < 4.78 is 0. The summed E-state index contributed by atoms with van der Waals surface area (Å²) in [6.07, 6.45) is 0. The molecule has 0 fully saturated rings. The van der Waals surface area contributed by atoms with Gasteiger partial charge in [0.1, 0.15) is 0 Å². The van der Waals surface area contributed by atoms with E-state index < -0.39 is 0 Å². The molecular formula is C49H198Zn2. The first-order valence-corrected chi connectivity index (χ1v) is 0. The molecule has 0 aromatic rings. The van der Waals surface area contributed by atoms with Crippen LogP contribution in [0.3, 0.4) is 0 Å². The number of hydrogen-bond acceptors (Lipinski definition) is 0. The Bertz CT molecular complexity index is 19.3. The summed E-state index contributed by atoms with van der Waals surface area (Å²) in [6.45, 7) is 0. The molecule has 0 radical (unpaired) electrons. The monoisotopic (exact) mass is 915 g/mol. The molecule has 0 amide bonds. The van der Waals surface area contributed by atoms with E-state index in [2.05, 4.69) is 0 Å². The quantitative estimate of drug-likeness (QED) is 0.212. The standard InChI is InChI=1S/49CH4.2Zn.H2/h49*1H4;;;1H. The maximum Gasteiger partial charge on any atom is 0 e. The molecule has 0 unspecified atom stereocenters. The van der Waals surface area contributed by atoms with Gasteiger partial charge in [-0.3, -0.25) is 0 Å². The van der Waals surface area contributed by atoms with Crippen LogP contribution >= 0.6 is 0 Å². The molecule has 0 bridgehead atoms. The average molecular weight is 919 g/mol. The first-order valence-electron chi connectivity index (χ1n) is 0. The molecule has 398 valence electrons. The molecule has 0 heterocycles. The van der Waals surface area contributed by atoms with Gasteiger partial charge in [0.25, 0.3) is 0 Å². The molecule has 0 aliphatic heterocycles. The maximum absolute atomic E-state index is 0. The molecule has 0 rings (SSSR count). The van der Waals surface area contributed by atoms with Gasteiger partial charge < -0.3 is 0 Å². The van der Waals surface area contributed by atoms with Crippen molar-refractivity contribution >= 4 is 0 Å². The first kappa shape index (κ1) is 88300. The van der Waals surface area contributed by atoms with Crippen molar-refractivity contribution in [3.63, 3.8) is 0 Å². The van der Waals surface area contributed by atoms with Crippen LogP contribution in [-0.2, 0) is 39.0 Å². The summed E-state index contributed by atoms with van der Waals surface area (Å²) in [5, 5.41) is 0. The van der Waals surface area contributed by atoms with Crippen molar-refractivity contribution in [2.24, 2.45) is 0 Å². The van der Waals surface area contributed by atoms with E-state index in [9.17, 15) is 0 Å². The molecule has 51 heavy (non-hydrogen) atoms. The molecule has 0 aliphatic rings. The normalized spacial score (nSPS) is 0. The van der Waals surface area contributed by atoms with E-state index in [-0.39, 0.29) is 404 Å². The third-order valence-corrected chi connectivity index (χ3v) is 0. The van der Waals surface area contributed by atoms with Crippen LogP contribution < -0.4 is 0 Å². The fourth-order valence-electron chi connectivity index (χ4n) is 0. The van der Waals surface area contributed by atoms with Gasteiger partial charge in [0.2, 0.25) is 0 Å². The molecule has 0 N–H and O–H groups in total. The van der Waals surface area contributed by atoms with E-state index in [0.29, 0.717) is 0 Å². The Balaban J connectivity index is 0. The van der Waals surface area contributed by atoms with Crippen molar-refractivity contribution in [2.75, 3.05) is 0 Å². The van der Waals surface area contributed by atoms with Crippen LogP contribution in [0.1, 0.15) is 365 Å². The SMILES string of the molecule is C.C.C.C.C.C.C.C.C.C.C.C.C.C.C.C.C.C.C.C.C.C.C.C.C.C.C.C.C.C.C.C.C.C.C.C.C.C.C.C.C.C.C.C.C.C.C.C.C.[HH].[Zn].[Zn]. The van der Waals surface area contributed by atoms with Crippen molar-refractivity contribution in [1.29, 1.82) is 0 Å². The van der Waals surface area contributed by atoms with Gasteiger partial charge in [-0.05, 0) is 0 Å². The van der Waals surface area contributed by atoms with E-state index in [0.717, 1.165) is 0 Å². The third kappa shape index (κ3) is 80000. The summed E-state index contributed by atoms with van der Waals surface area (Å²) in [4.78, 5) is 0. The van der Waals surface area contributed by atoms with Gasteiger partial charge in [-0.25, -0.2) is 0 Å². The smallest absolute Gasteiger partial charge is 0 e. The summed E-state index contributed by atoms with van der Waals surface area (Å²) in [7, 11) is 0. The first-order chi connectivity index (χ1) is 0. The topological polar surface area (TPSA) is 0 Å². The Hall–Kier alpha value is 1.25. The van der Waals surface area contributed by atoms with Crippen LogP contribution in [0.5, 0.6) is 0 Å². The number of hydrogen-bond donors (Lipinski definition) is 0. The van der Waals surface area contributed by atoms with Crippen molar-refractivity contribution < 1.29 is 40.4 Å². The fourth-order valence-corrected chi connectivity index (χ4v) is 0. The van der Waals surface area contributed by atoms with Crippen LogP contribution in [0.4, 0.5) is 0 Å². The molecule has 0 spiro atoms. The molecule has 0 saturated heterocycles. The molecular weight excluding hydrogens is 719 g/mol. The Morgan fingerprint density at radius 1 is 0.0588 bits per heavy atom. The van der Waals surface area contributed by atoms with Gasteiger partial charge in [-0.1, -0.05) is 364 Å². The molecule has 0 aromatic carbocycles. The van der Waals surface area contributed by atoms with E-state index >= 15 is 0 Å². The van der Waals surface area contributed by atoms with Gasteiger partial charge in [0, 0.05) is 40.4 Å². The zero-order valence-corrected chi connectivity index (χ0v) is 7.35. The Morgan fingerprint density at radius 2 is 0.0588 bits per heavy atom. The molecule has 2 heteroatoms. The van der Waals surface area contributed by atoms with E-state index in [1.165, 1.54) is 0 Å². The van der Waals surface area contributed by atoms with Crippen molar-refractivity contribution in [1.82, 2.24) is 0 Å². The van der Waals surface area contributed by atoms with E-state index in [1.54, 1.807) is 0 Å². The fraction of sp³-hybridized carbons (Fsp3) is 1.00. The van der Waals surface area contributed by atoms with Crippen LogP contribution in [0.25, 0.3) is 0 Å². The third-order valence-electron chi connectivity index (χ3n) is 0. The van der Waals surface area contributed by atoms with Crippen LogP contribution in [0.2, 0.25) is 0 Å². The minimum Gasteiger partial charge on any atom is -0.0776 e.